The summed E-state index contributed by atoms with van der Waals surface area (Å²) < 4.78 is 7.94. The smallest absolute Gasteiger partial charge is 0.145 e. The topological polar surface area (TPSA) is 60.2 Å². The Kier molecular flexibility index (Phi) is 4.34. The molecule has 6 heteroatoms. The highest BCUT2D eigenvalue weighted by atomic mass is 79.9. The molecule has 0 atom stereocenters. The molecule has 5 nitrogen and oxygen atoms in total. The van der Waals surface area contributed by atoms with Gasteiger partial charge in [-0.3, -0.25) is 0 Å². The summed E-state index contributed by atoms with van der Waals surface area (Å²) in [6.07, 6.45) is 2.47. The second kappa shape index (κ2) is 6.42. The number of phenolic OH excluding ortho intramolecular Hbond substituents is 1. The number of ether oxygens (including phenoxy) is 1. The number of aromatic hydroxyl groups is 1. The maximum atomic E-state index is 10.4. The number of methoxy groups -OCH3 is 1. The average Bonchev–Trinajstić information content (AvgIpc) is 3.04. The van der Waals surface area contributed by atoms with Gasteiger partial charge < -0.3 is 9.84 Å². The summed E-state index contributed by atoms with van der Waals surface area (Å²) in [5, 5.41) is 18.5. The van der Waals surface area contributed by atoms with Crippen molar-refractivity contribution in [3.05, 3.63) is 52.6 Å². The summed E-state index contributed by atoms with van der Waals surface area (Å²) in [7, 11) is 1.59. The minimum atomic E-state index is 0.0999. The Morgan fingerprint density at radius 1 is 1.22 bits per heavy atom. The molecule has 3 rings (SSSR count). The van der Waals surface area contributed by atoms with Gasteiger partial charge in [-0.2, -0.15) is 0 Å². The summed E-state index contributed by atoms with van der Waals surface area (Å²) in [4.78, 5) is 0. The first-order valence-corrected chi connectivity index (χ1v) is 8.00. The zero-order valence-corrected chi connectivity index (χ0v) is 14.4. The number of rotatable bonds is 4. The highest BCUT2D eigenvalue weighted by Crippen LogP contribution is 2.33. The van der Waals surface area contributed by atoms with Gasteiger partial charge in [0.05, 0.1) is 19.0 Å². The molecule has 118 valence electrons. The van der Waals surface area contributed by atoms with E-state index in [1.807, 2.05) is 37.3 Å². The largest absolute Gasteiger partial charge is 0.506 e. The van der Waals surface area contributed by atoms with E-state index in [1.54, 1.807) is 24.1 Å². The Bertz CT molecular complexity index is 828. The van der Waals surface area contributed by atoms with Gasteiger partial charge in [0.25, 0.3) is 0 Å². The number of hydrogen-bond acceptors (Lipinski definition) is 4. The first kappa shape index (κ1) is 15.6. The van der Waals surface area contributed by atoms with Crippen molar-refractivity contribution >= 4 is 15.9 Å². The van der Waals surface area contributed by atoms with E-state index in [9.17, 15) is 5.11 Å². The Morgan fingerprint density at radius 2 is 1.96 bits per heavy atom. The summed E-state index contributed by atoms with van der Waals surface area (Å²) in [6, 6.07) is 11.4. The summed E-state index contributed by atoms with van der Waals surface area (Å²) in [6.45, 7) is 2.04. The number of nitrogens with zero attached hydrogens (tertiary/aromatic N) is 3. The quantitative estimate of drug-likeness (QED) is 0.751. The molecule has 0 amide bonds. The predicted molar refractivity (Wildman–Crippen MR) is 92.1 cm³/mol. The van der Waals surface area contributed by atoms with Gasteiger partial charge in [0, 0.05) is 16.1 Å². The third-order valence-electron chi connectivity index (χ3n) is 3.68. The van der Waals surface area contributed by atoms with Crippen LogP contribution < -0.4 is 4.74 Å². The van der Waals surface area contributed by atoms with E-state index in [0.717, 1.165) is 27.7 Å². The van der Waals surface area contributed by atoms with Crippen molar-refractivity contribution in [1.29, 1.82) is 0 Å². The lowest BCUT2D eigenvalue weighted by Crippen LogP contribution is -2.02. The number of aryl methyl sites for hydroxylation is 1. The molecule has 3 aromatic rings. The van der Waals surface area contributed by atoms with Gasteiger partial charge in [-0.25, -0.2) is 4.68 Å². The molecule has 2 aromatic carbocycles. The molecule has 0 aliphatic rings. The van der Waals surface area contributed by atoms with Gasteiger partial charge in [0.1, 0.15) is 17.2 Å². The Morgan fingerprint density at radius 3 is 2.61 bits per heavy atom. The van der Waals surface area contributed by atoms with Crippen LogP contribution in [-0.4, -0.2) is 27.2 Å². The van der Waals surface area contributed by atoms with Crippen molar-refractivity contribution in [2.45, 2.75) is 13.3 Å². The van der Waals surface area contributed by atoms with Crippen molar-refractivity contribution in [1.82, 2.24) is 15.0 Å². The molecule has 1 N–H and O–H groups in total. The van der Waals surface area contributed by atoms with Crippen LogP contribution in [0.1, 0.15) is 12.5 Å². The molecular formula is C17H16BrN3O2. The highest BCUT2D eigenvalue weighted by Gasteiger charge is 2.15. The van der Waals surface area contributed by atoms with Crippen LogP contribution in [0, 0.1) is 0 Å². The molecular weight excluding hydrogens is 358 g/mol. The third-order valence-corrected chi connectivity index (χ3v) is 4.20. The van der Waals surface area contributed by atoms with E-state index in [-0.39, 0.29) is 5.75 Å². The van der Waals surface area contributed by atoms with Gasteiger partial charge >= 0.3 is 0 Å². The molecule has 0 unspecified atom stereocenters. The lowest BCUT2D eigenvalue weighted by molar-refractivity contribution is 0.402. The maximum absolute atomic E-state index is 10.4. The van der Waals surface area contributed by atoms with Gasteiger partial charge in [-0.15, -0.1) is 5.10 Å². The Balaban J connectivity index is 2.13. The average molecular weight is 374 g/mol. The molecule has 0 aliphatic carbocycles. The van der Waals surface area contributed by atoms with Crippen LogP contribution >= 0.6 is 15.9 Å². The van der Waals surface area contributed by atoms with Crippen LogP contribution in [0.25, 0.3) is 16.9 Å². The number of hydrogen-bond donors (Lipinski definition) is 1. The van der Waals surface area contributed by atoms with Crippen LogP contribution in [0.4, 0.5) is 0 Å². The van der Waals surface area contributed by atoms with E-state index in [1.165, 1.54) is 0 Å². The molecule has 1 aromatic heterocycles. The van der Waals surface area contributed by atoms with E-state index in [0.29, 0.717) is 11.4 Å². The second-order valence-corrected chi connectivity index (χ2v) is 5.96. The fourth-order valence-electron chi connectivity index (χ4n) is 2.47. The minimum absolute atomic E-state index is 0.0999. The zero-order chi connectivity index (χ0) is 16.4. The van der Waals surface area contributed by atoms with Crippen molar-refractivity contribution in [3.8, 4) is 28.4 Å². The van der Waals surface area contributed by atoms with E-state index >= 15 is 0 Å². The number of benzene rings is 2. The van der Waals surface area contributed by atoms with Gasteiger partial charge in [-0.1, -0.05) is 40.2 Å². The molecule has 0 fully saturated rings. The monoisotopic (exact) mass is 373 g/mol. The number of aromatic nitrogens is 3. The molecule has 0 spiro atoms. The minimum Gasteiger partial charge on any atom is -0.506 e. The molecule has 0 saturated heterocycles. The Hall–Kier alpha value is -2.34. The molecule has 0 bridgehead atoms. The molecule has 0 radical (unpaired) electrons. The number of phenols is 1. The van der Waals surface area contributed by atoms with Crippen LogP contribution in [0.15, 0.2) is 47.1 Å². The molecule has 0 saturated carbocycles. The second-order valence-electron chi connectivity index (χ2n) is 5.04. The third kappa shape index (κ3) is 2.94. The van der Waals surface area contributed by atoms with Crippen molar-refractivity contribution in [2.24, 2.45) is 0 Å². The fraction of sp³-hybridized carbons (Fsp3) is 0.176. The molecule has 0 aliphatic heterocycles. The predicted octanol–water partition coefficient (Wildman–Crippen LogP) is 3.97. The van der Waals surface area contributed by atoms with Crippen molar-refractivity contribution in [2.75, 3.05) is 7.11 Å². The zero-order valence-electron chi connectivity index (χ0n) is 12.8. The maximum Gasteiger partial charge on any atom is 0.145 e. The van der Waals surface area contributed by atoms with Crippen LogP contribution in [0.3, 0.4) is 0 Å². The Labute approximate surface area is 142 Å². The summed E-state index contributed by atoms with van der Waals surface area (Å²) in [5.74, 6) is 0.766. The van der Waals surface area contributed by atoms with Crippen molar-refractivity contribution < 1.29 is 9.84 Å². The first-order chi connectivity index (χ1) is 11.1. The first-order valence-electron chi connectivity index (χ1n) is 7.21. The highest BCUT2D eigenvalue weighted by molar-refractivity contribution is 9.10. The molecule has 1 heterocycles. The lowest BCUT2D eigenvalue weighted by Gasteiger charge is -2.13. The van der Waals surface area contributed by atoms with E-state index in [2.05, 4.69) is 26.2 Å². The van der Waals surface area contributed by atoms with Crippen LogP contribution in [0.5, 0.6) is 11.5 Å². The standard InChI is InChI=1S/C17H16BrN3O2/c1-3-11-8-14(16(22)9-17(11)23-2)21-15(10-19-20-21)12-4-6-13(18)7-5-12/h4-10,22H,3H2,1-2H3. The SMILES string of the molecule is CCc1cc(-n2nncc2-c2ccc(Br)cc2)c(O)cc1OC. The van der Waals surface area contributed by atoms with E-state index in [4.69, 9.17) is 4.74 Å². The summed E-state index contributed by atoms with van der Waals surface area (Å²) >= 11 is 3.43. The lowest BCUT2D eigenvalue weighted by atomic mass is 10.1. The summed E-state index contributed by atoms with van der Waals surface area (Å²) in [5.41, 5.74) is 3.35. The van der Waals surface area contributed by atoms with Gasteiger partial charge in [0.2, 0.25) is 0 Å². The van der Waals surface area contributed by atoms with Gasteiger partial charge in [-0.05, 0) is 30.2 Å². The number of halogens is 1. The van der Waals surface area contributed by atoms with Gasteiger partial charge in [0.15, 0.2) is 0 Å². The van der Waals surface area contributed by atoms with Crippen LogP contribution in [0.2, 0.25) is 0 Å². The van der Waals surface area contributed by atoms with Crippen LogP contribution in [-0.2, 0) is 6.42 Å². The van der Waals surface area contributed by atoms with E-state index < -0.39 is 0 Å². The normalized spacial score (nSPS) is 10.7. The fourth-order valence-corrected chi connectivity index (χ4v) is 2.73. The van der Waals surface area contributed by atoms with Crippen molar-refractivity contribution in [3.63, 3.8) is 0 Å². The molecule has 23 heavy (non-hydrogen) atoms.